The molecule has 0 bridgehead atoms. The molecule has 0 radical (unpaired) electrons. The van der Waals surface area contributed by atoms with E-state index in [4.69, 9.17) is 11.6 Å². The number of hydrogen-bond acceptors (Lipinski definition) is 3. The molecule has 1 amide bonds. The summed E-state index contributed by atoms with van der Waals surface area (Å²) in [7, 11) is -3.49. The molecule has 5 nitrogen and oxygen atoms in total. The molecule has 0 atom stereocenters. The summed E-state index contributed by atoms with van der Waals surface area (Å²) in [6, 6.07) is 12.4. The van der Waals surface area contributed by atoms with Crippen molar-refractivity contribution in [3.8, 4) is 0 Å². The lowest BCUT2D eigenvalue weighted by atomic mass is 10.2. The predicted molar refractivity (Wildman–Crippen MR) is 110 cm³/mol. The first-order chi connectivity index (χ1) is 12.2. The van der Waals surface area contributed by atoms with E-state index in [2.05, 4.69) is 21.2 Å². The van der Waals surface area contributed by atoms with Crippen molar-refractivity contribution in [1.29, 1.82) is 0 Å². The average molecular weight is 460 g/mol. The Hall–Kier alpha value is -1.57. The number of sulfonamides is 1. The van der Waals surface area contributed by atoms with Gasteiger partial charge in [-0.1, -0.05) is 29.8 Å². The maximum Gasteiger partial charge on any atom is 0.232 e. The number of amides is 1. The van der Waals surface area contributed by atoms with Gasteiger partial charge in [0.25, 0.3) is 0 Å². The molecule has 0 saturated heterocycles. The van der Waals surface area contributed by atoms with E-state index in [1.165, 1.54) is 4.31 Å². The fraction of sp³-hybridized carbons (Fsp3) is 0.278. The molecular weight excluding hydrogens is 440 g/mol. The number of anilines is 2. The number of halogens is 2. The monoisotopic (exact) mass is 458 g/mol. The van der Waals surface area contributed by atoms with Gasteiger partial charge in [0.05, 0.1) is 17.6 Å². The van der Waals surface area contributed by atoms with Crippen LogP contribution in [0.2, 0.25) is 5.02 Å². The molecule has 26 heavy (non-hydrogen) atoms. The van der Waals surface area contributed by atoms with Gasteiger partial charge in [-0.3, -0.25) is 9.10 Å². The zero-order valence-corrected chi connectivity index (χ0v) is 17.7. The highest BCUT2D eigenvalue weighted by molar-refractivity contribution is 9.10. The minimum atomic E-state index is -3.49. The Bertz CT molecular complexity index is 903. The highest BCUT2D eigenvalue weighted by Gasteiger charge is 2.19. The molecule has 0 fully saturated rings. The summed E-state index contributed by atoms with van der Waals surface area (Å²) in [5.74, 6) is -0.173. The molecule has 0 aromatic heterocycles. The molecule has 0 heterocycles. The maximum absolute atomic E-state index is 12.2. The number of hydrogen-bond donors (Lipinski definition) is 1. The lowest BCUT2D eigenvalue weighted by Crippen LogP contribution is -2.32. The largest absolute Gasteiger partial charge is 0.325 e. The molecule has 2 aromatic carbocycles. The Labute approximate surface area is 167 Å². The van der Waals surface area contributed by atoms with Gasteiger partial charge in [-0.15, -0.1) is 0 Å². The molecule has 0 aliphatic heterocycles. The van der Waals surface area contributed by atoms with Crippen LogP contribution in [0.3, 0.4) is 0 Å². The highest BCUT2D eigenvalue weighted by atomic mass is 79.9. The first-order valence-electron chi connectivity index (χ1n) is 7.97. The number of nitrogens with one attached hydrogen (secondary N) is 1. The number of carbonyl (C=O) groups excluding carboxylic acids is 1. The number of aryl methyl sites for hydroxylation is 1. The SMILES string of the molecule is Cc1ccc(Cl)cc1N(CCCC(=O)Nc1ccccc1Br)S(C)(=O)=O. The Kier molecular flexibility index (Phi) is 7.08. The van der Waals surface area contributed by atoms with Gasteiger partial charge in [0, 0.05) is 22.5 Å². The van der Waals surface area contributed by atoms with E-state index >= 15 is 0 Å². The van der Waals surface area contributed by atoms with Crippen LogP contribution in [0.4, 0.5) is 11.4 Å². The van der Waals surface area contributed by atoms with Crippen molar-refractivity contribution in [2.24, 2.45) is 0 Å². The van der Waals surface area contributed by atoms with E-state index in [-0.39, 0.29) is 18.9 Å². The fourth-order valence-electron chi connectivity index (χ4n) is 2.47. The number of carbonyl (C=O) groups is 1. The molecule has 2 aromatic rings. The first-order valence-corrected chi connectivity index (χ1v) is 11.0. The van der Waals surface area contributed by atoms with E-state index < -0.39 is 10.0 Å². The summed E-state index contributed by atoms with van der Waals surface area (Å²) >= 11 is 9.38. The van der Waals surface area contributed by atoms with Crippen molar-refractivity contribution in [3.63, 3.8) is 0 Å². The van der Waals surface area contributed by atoms with Crippen LogP contribution in [0.1, 0.15) is 18.4 Å². The van der Waals surface area contributed by atoms with Gasteiger partial charge >= 0.3 is 0 Å². The third-order valence-electron chi connectivity index (χ3n) is 3.75. The molecule has 0 saturated carbocycles. The molecule has 0 spiro atoms. The van der Waals surface area contributed by atoms with Crippen LogP contribution in [0.15, 0.2) is 46.9 Å². The second-order valence-corrected chi connectivity index (χ2v) is 9.10. The smallest absolute Gasteiger partial charge is 0.232 e. The molecule has 1 N–H and O–H groups in total. The second kappa shape index (κ2) is 8.88. The molecular formula is C18H20BrClN2O3S. The van der Waals surface area contributed by atoms with E-state index in [1.807, 2.05) is 25.1 Å². The lowest BCUT2D eigenvalue weighted by Gasteiger charge is -2.24. The van der Waals surface area contributed by atoms with Crippen LogP contribution >= 0.6 is 27.5 Å². The number of para-hydroxylation sites is 1. The maximum atomic E-state index is 12.2. The number of benzene rings is 2. The predicted octanol–water partition coefficient (Wildman–Crippen LogP) is 4.60. The highest BCUT2D eigenvalue weighted by Crippen LogP contribution is 2.27. The molecule has 0 aliphatic carbocycles. The molecule has 2 rings (SSSR count). The molecule has 0 aliphatic rings. The van der Waals surface area contributed by atoms with Crippen molar-refractivity contribution in [2.45, 2.75) is 19.8 Å². The second-order valence-electron chi connectivity index (χ2n) is 5.90. The Morgan fingerprint density at radius 1 is 1.23 bits per heavy atom. The van der Waals surface area contributed by atoms with Crippen LogP contribution in [0.5, 0.6) is 0 Å². The van der Waals surface area contributed by atoms with Crippen molar-refractivity contribution in [3.05, 3.63) is 57.5 Å². The van der Waals surface area contributed by atoms with E-state index in [1.54, 1.807) is 24.3 Å². The quantitative estimate of drug-likeness (QED) is 0.658. The average Bonchev–Trinajstić information content (AvgIpc) is 2.55. The fourth-order valence-corrected chi connectivity index (χ4v) is 4.04. The lowest BCUT2D eigenvalue weighted by molar-refractivity contribution is -0.116. The number of rotatable bonds is 7. The van der Waals surface area contributed by atoms with Gasteiger partial charge in [-0.2, -0.15) is 0 Å². The number of nitrogens with zero attached hydrogens (tertiary/aromatic N) is 1. The Balaban J connectivity index is 2.03. The molecule has 8 heteroatoms. The Morgan fingerprint density at radius 2 is 1.92 bits per heavy atom. The van der Waals surface area contributed by atoms with Crippen LogP contribution in [0.25, 0.3) is 0 Å². The van der Waals surface area contributed by atoms with Crippen LogP contribution in [-0.2, 0) is 14.8 Å². The zero-order valence-electron chi connectivity index (χ0n) is 14.5. The third-order valence-corrected chi connectivity index (χ3v) is 5.86. The summed E-state index contributed by atoms with van der Waals surface area (Å²) in [6.07, 6.45) is 1.73. The van der Waals surface area contributed by atoms with E-state index in [9.17, 15) is 13.2 Å². The van der Waals surface area contributed by atoms with Gasteiger partial charge in [0.15, 0.2) is 0 Å². The molecule has 0 unspecified atom stereocenters. The summed E-state index contributed by atoms with van der Waals surface area (Å²) in [4.78, 5) is 12.1. The topological polar surface area (TPSA) is 66.5 Å². The summed E-state index contributed by atoms with van der Waals surface area (Å²) in [5.41, 5.74) is 2.02. The van der Waals surface area contributed by atoms with Gasteiger partial charge in [-0.25, -0.2) is 8.42 Å². The van der Waals surface area contributed by atoms with Crippen molar-refractivity contribution in [1.82, 2.24) is 0 Å². The van der Waals surface area contributed by atoms with Crippen LogP contribution in [0, 0.1) is 6.92 Å². The first kappa shape index (κ1) is 20.7. The minimum absolute atomic E-state index is 0.173. The van der Waals surface area contributed by atoms with Gasteiger partial charge in [0.1, 0.15) is 0 Å². The van der Waals surface area contributed by atoms with Crippen LogP contribution in [-0.4, -0.2) is 27.1 Å². The van der Waals surface area contributed by atoms with E-state index in [0.717, 1.165) is 16.3 Å². The summed E-state index contributed by atoms with van der Waals surface area (Å²) in [5, 5.41) is 3.27. The van der Waals surface area contributed by atoms with Crippen molar-refractivity contribution >= 4 is 54.8 Å². The third kappa shape index (κ3) is 5.72. The standard InChI is InChI=1S/C18H20BrClN2O3S/c1-13-9-10-14(20)12-17(13)22(26(2,24)25)11-5-8-18(23)21-16-7-4-3-6-15(16)19/h3-4,6-7,9-10,12H,5,8,11H2,1-2H3,(H,21,23). The summed E-state index contributed by atoms with van der Waals surface area (Å²) in [6.45, 7) is 2.02. The van der Waals surface area contributed by atoms with Crippen LogP contribution < -0.4 is 9.62 Å². The van der Waals surface area contributed by atoms with Crippen molar-refractivity contribution < 1.29 is 13.2 Å². The summed E-state index contributed by atoms with van der Waals surface area (Å²) < 4.78 is 26.4. The normalized spacial score (nSPS) is 11.2. The van der Waals surface area contributed by atoms with E-state index in [0.29, 0.717) is 22.8 Å². The van der Waals surface area contributed by atoms with Gasteiger partial charge in [-0.05, 0) is 59.1 Å². The van der Waals surface area contributed by atoms with Gasteiger partial charge in [0.2, 0.25) is 15.9 Å². The minimum Gasteiger partial charge on any atom is -0.325 e. The molecule has 140 valence electrons. The van der Waals surface area contributed by atoms with Crippen molar-refractivity contribution in [2.75, 3.05) is 22.4 Å². The Morgan fingerprint density at radius 3 is 2.58 bits per heavy atom. The zero-order chi connectivity index (χ0) is 19.3. The van der Waals surface area contributed by atoms with Gasteiger partial charge < -0.3 is 5.32 Å².